The molecule has 28 heavy (non-hydrogen) atoms. The maximum Gasteiger partial charge on any atom is 0.410 e. The van der Waals surface area contributed by atoms with Crippen LogP contribution in [0.2, 0.25) is 0 Å². The number of hydrogen-bond acceptors (Lipinski definition) is 4. The molecule has 0 saturated carbocycles. The zero-order valence-electron chi connectivity index (χ0n) is 15.0. The smallest absolute Gasteiger partial charge is 0.410 e. The number of ether oxygens (including phenoxy) is 1. The molecule has 2 heterocycles. The summed E-state index contributed by atoms with van der Waals surface area (Å²) in [7, 11) is 0. The molecule has 0 aliphatic carbocycles. The van der Waals surface area contributed by atoms with Gasteiger partial charge >= 0.3 is 6.09 Å². The van der Waals surface area contributed by atoms with Gasteiger partial charge in [0, 0.05) is 6.54 Å². The van der Waals surface area contributed by atoms with E-state index in [2.05, 4.69) is 4.98 Å². The highest BCUT2D eigenvalue weighted by Gasteiger charge is 2.33. The van der Waals surface area contributed by atoms with E-state index in [4.69, 9.17) is 4.74 Å². The van der Waals surface area contributed by atoms with Crippen LogP contribution in [-0.2, 0) is 11.3 Å². The fourth-order valence-corrected chi connectivity index (χ4v) is 4.09. The van der Waals surface area contributed by atoms with Gasteiger partial charge in [-0.05, 0) is 41.7 Å². The van der Waals surface area contributed by atoms with Gasteiger partial charge in [-0.25, -0.2) is 9.78 Å². The van der Waals surface area contributed by atoms with Crippen LogP contribution in [0.15, 0.2) is 65.7 Å². The molecule has 4 rings (SSSR count). The van der Waals surface area contributed by atoms with Crippen molar-refractivity contribution in [3.8, 4) is 0 Å². The molecule has 1 atom stereocenters. The van der Waals surface area contributed by atoms with Crippen molar-refractivity contribution >= 4 is 27.6 Å². The Morgan fingerprint density at radius 2 is 2.04 bits per heavy atom. The summed E-state index contributed by atoms with van der Waals surface area (Å²) in [6, 6.07) is 14.5. The van der Waals surface area contributed by atoms with Crippen molar-refractivity contribution in [1.29, 1.82) is 0 Å². The maximum atomic E-state index is 13.2. The molecular weight excluding hydrogens is 382 g/mol. The molecule has 0 radical (unpaired) electrons. The molecule has 1 aromatic heterocycles. The number of fused-ring (bicyclic) bond motifs is 1. The van der Waals surface area contributed by atoms with Crippen molar-refractivity contribution < 1.29 is 18.3 Å². The standard InChI is InChI=1S/C21H18F2N2O2S/c22-20(23)16-8-9-25(21(26)27-12-14-4-2-1-3-5-14)18(11-16)15-6-7-19-17(10-15)24-13-28-19/h1-7,10,13,18H,8-9,11-12H2. The molecule has 1 aliphatic heterocycles. The number of likely N-dealkylation sites (tertiary alicyclic amines) is 1. The number of nitrogens with zero attached hydrogens (tertiary/aromatic N) is 2. The average molecular weight is 400 g/mol. The number of carbonyl (C=O) groups excluding carboxylic acids is 1. The van der Waals surface area contributed by atoms with E-state index in [9.17, 15) is 13.6 Å². The third kappa shape index (κ3) is 3.89. The second-order valence-corrected chi connectivity index (χ2v) is 7.53. The fraction of sp³-hybridized carbons (Fsp3) is 0.238. The van der Waals surface area contributed by atoms with Crippen molar-refractivity contribution in [3.63, 3.8) is 0 Å². The third-order valence-electron chi connectivity index (χ3n) is 4.92. The highest BCUT2D eigenvalue weighted by molar-refractivity contribution is 7.16. The lowest BCUT2D eigenvalue weighted by Crippen LogP contribution is -2.39. The SMILES string of the molecule is O=C(OCc1ccccc1)N1CCC(=C(F)F)CC1c1ccc2scnc2c1. The van der Waals surface area contributed by atoms with Gasteiger partial charge < -0.3 is 9.64 Å². The fourth-order valence-electron chi connectivity index (χ4n) is 3.43. The molecule has 0 N–H and O–H groups in total. The first kappa shape index (κ1) is 18.6. The normalized spacial score (nSPS) is 17.0. The van der Waals surface area contributed by atoms with Gasteiger partial charge in [0.1, 0.15) is 6.61 Å². The van der Waals surface area contributed by atoms with Crippen LogP contribution in [0, 0.1) is 0 Å². The van der Waals surface area contributed by atoms with Crippen molar-refractivity contribution in [2.24, 2.45) is 0 Å². The molecular formula is C21H18F2N2O2S. The first-order valence-corrected chi connectivity index (χ1v) is 9.83. The maximum absolute atomic E-state index is 13.2. The van der Waals surface area contributed by atoms with Gasteiger partial charge in [0.25, 0.3) is 6.08 Å². The second kappa shape index (κ2) is 8.06. The van der Waals surface area contributed by atoms with Crippen molar-refractivity contribution in [2.45, 2.75) is 25.5 Å². The van der Waals surface area contributed by atoms with E-state index in [1.54, 1.807) is 10.4 Å². The minimum absolute atomic E-state index is 0.0930. The number of amides is 1. The van der Waals surface area contributed by atoms with Crippen molar-refractivity contribution in [1.82, 2.24) is 9.88 Å². The molecule has 7 heteroatoms. The molecule has 4 nitrogen and oxygen atoms in total. The van der Waals surface area contributed by atoms with Gasteiger partial charge in [0.2, 0.25) is 0 Å². The summed E-state index contributed by atoms with van der Waals surface area (Å²) in [6.45, 7) is 0.342. The van der Waals surface area contributed by atoms with E-state index < -0.39 is 18.2 Å². The van der Waals surface area contributed by atoms with Crippen LogP contribution in [0.4, 0.5) is 13.6 Å². The Labute approximate surface area is 165 Å². The Balaban J connectivity index is 1.58. The summed E-state index contributed by atoms with van der Waals surface area (Å²) in [5.41, 5.74) is 4.30. The van der Waals surface area contributed by atoms with Crippen LogP contribution in [0.5, 0.6) is 0 Å². The minimum atomic E-state index is -1.66. The minimum Gasteiger partial charge on any atom is -0.445 e. The quantitative estimate of drug-likeness (QED) is 0.548. The number of aromatic nitrogens is 1. The first-order chi connectivity index (χ1) is 13.6. The molecule has 1 unspecified atom stereocenters. The van der Waals surface area contributed by atoms with Crippen LogP contribution in [0.25, 0.3) is 10.2 Å². The summed E-state index contributed by atoms with van der Waals surface area (Å²) >= 11 is 1.52. The van der Waals surface area contributed by atoms with Gasteiger partial charge in [-0.15, -0.1) is 11.3 Å². The lowest BCUT2D eigenvalue weighted by molar-refractivity contribution is 0.0737. The Morgan fingerprint density at radius 3 is 2.82 bits per heavy atom. The van der Waals surface area contributed by atoms with Crippen molar-refractivity contribution in [3.05, 3.63) is 76.8 Å². The topological polar surface area (TPSA) is 42.4 Å². The highest BCUT2D eigenvalue weighted by Crippen LogP contribution is 2.37. The van der Waals surface area contributed by atoms with E-state index in [1.807, 2.05) is 48.5 Å². The van der Waals surface area contributed by atoms with Gasteiger partial charge in [-0.2, -0.15) is 8.78 Å². The van der Waals surface area contributed by atoms with Crippen LogP contribution in [-0.4, -0.2) is 22.5 Å². The van der Waals surface area contributed by atoms with E-state index in [-0.39, 0.29) is 31.6 Å². The summed E-state index contributed by atoms with van der Waals surface area (Å²) in [6.07, 6.45) is -1.90. The predicted octanol–water partition coefficient (Wildman–Crippen LogP) is 5.92. The van der Waals surface area contributed by atoms with Gasteiger partial charge in [-0.3, -0.25) is 0 Å². The van der Waals surface area contributed by atoms with Crippen LogP contribution in [0.3, 0.4) is 0 Å². The van der Waals surface area contributed by atoms with Crippen LogP contribution >= 0.6 is 11.3 Å². The van der Waals surface area contributed by atoms with E-state index in [1.165, 1.54) is 11.3 Å². The Kier molecular flexibility index (Phi) is 5.34. The third-order valence-corrected chi connectivity index (χ3v) is 5.73. The summed E-state index contributed by atoms with van der Waals surface area (Å²) in [4.78, 5) is 18.6. The number of carbonyl (C=O) groups is 1. The Morgan fingerprint density at radius 1 is 1.21 bits per heavy atom. The Hall–Kier alpha value is -2.80. The van der Waals surface area contributed by atoms with Gasteiger partial charge in [0.15, 0.2) is 0 Å². The zero-order chi connectivity index (χ0) is 19.5. The molecule has 1 aliphatic rings. The number of piperidine rings is 1. The number of benzene rings is 2. The Bertz CT molecular complexity index is 1020. The molecule has 1 amide bonds. The highest BCUT2D eigenvalue weighted by atomic mass is 32.1. The van der Waals surface area contributed by atoms with Crippen LogP contribution in [0.1, 0.15) is 30.0 Å². The van der Waals surface area contributed by atoms with Gasteiger partial charge in [-0.1, -0.05) is 36.4 Å². The average Bonchev–Trinajstić information content (AvgIpc) is 3.20. The van der Waals surface area contributed by atoms with Gasteiger partial charge in [0.05, 0.1) is 21.8 Å². The molecule has 0 bridgehead atoms. The summed E-state index contributed by atoms with van der Waals surface area (Å²) < 4.78 is 33.0. The molecule has 144 valence electrons. The largest absolute Gasteiger partial charge is 0.445 e. The first-order valence-electron chi connectivity index (χ1n) is 8.95. The lowest BCUT2D eigenvalue weighted by atomic mass is 9.92. The van der Waals surface area contributed by atoms with E-state index in [0.717, 1.165) is 21.3 Å². The number of rotatable bonds is 3. The monoisotopic (exact) mass is 400 g/mol. The van der Waals surface area contributed by atoms with E-state index >= 15 is 0 Å². The van der Waals surface area contributed by atoms with Crippen LogP contribution < -0.4 is 0 Å². The molecule has 0 spiro atoms. The predicted molar refractivity (Wildman–Crippen MR) is 104 cm³/mol. The second-order valence-electron chi connectivity index (χ2n) is 6.65. The zero-order valence-corrected chi connectivity index (χ0v) is 15.8. The molecule has 2 aromatic carbocycles. The lowest BCUT2D eigenvalue weighted by Gasteiger charge is -2.36. The molecule has 3 aromatic rings. The number of hydrogen-bond donors (Lipinski definition) is 0. The number of thiazole rings is 1. The summed E-state index contributed by atoms with van der Waals surface area (Å²) in [5, 5.41) is 0. The summed E-state index contributed by atoms with van der Waals surface area (Å²) in [5.74, 6) is 0. The molecule has 1 fully saturated rings. The number of halogens is 2. The molecule has 1 saturated heterocycles. The van der Waals surface area contributed by atoms with Crippen molar-refractivity contribution in [2.75, 3.05) is 6.54 Å². The van der Waals surface area contributed by atoms with E-state index in [0.29, 0.717) is 0 Å².